The largest absolute Gasteiger partial charge is 0.481 e. The van der Waals surface area contributed by atoms with Crippen molar-refractivity contribution in [1.29, 1.82) is 0 Å². The fraction of sp³-hybridized carbons (Fsp3) is 0.333. The van der Waals surface area contributed by atoms with E-state index < -0.39 is 29.8 Å². The van der Waals surface area contributed by atoms with Gasteiger partial charge in [0.15, 0.2) is 0 Å². The van der Waals surface area contributed by atoms with Crippen molar-refractivity contribution in [3.8, 4) is 0 Å². The number of carbonyl (C=O) groups excluding carboxylic acids is 1. The number of carbonyl (C=O) groups is 2. The zero-order valence-corrected chi connectivity index (χ0v) is 43.0. The highest BCUT2D eigenvalue weighted by molar-refractivity contribution is 7.00. The lowest BCUT2D eigenvalue weighted by molar-refractivity contribution is -0.141. The number of carboxylic acids is 1. The number of rotatable bonds is 17. The second-order valence-corrected chi connectivity index (χ2v) is 27.2. The van der Waals surface area contributed by atoms with Gasteiger partial charge < -0.3 is 25.0 Å². The Balaban J connectivity index is 0.000000290. The van der Waals surface area contributed by atoms with Gasteiger partial charge in [-0.3, -0.25) is 14.0 Å². The number of aliphatic carboxylic acids is 1. The quantitative estimate of drug-likeness (QED) is 0.0621. The summed E-state index contributed by atoms with van der Waals surface area (Å²) in [5, 5.41) is 16.8. The van der Waals surface area contributed by atoms with Crippen LogP contribution in [-0.2, 0) is 31.3 Å². The molecule has 0 aliphatic heterocycles. The number of nitrogens with two attached hydrogens (primary N) is 1. The van der Waals surface area contributed by atoms with Crippen LogP contribution in [0.2, 0.25) is 10.1 Å². The van der Waals surface area contributed by atoms with Gasteiger partial charge in [0.05, 0.1) is 21.0 Å². The lowest BCUT2D eigenvalue weighted by atomic mass is 10.0. The Morgan fingerprint density at radius 3 is 1.13 bits per heavy atom. The normalized spacial score (nSPS) is 12.5. The lowest BCUT2D eigenvalue weighted by Gasteiger charge is -2.43. The Labute approximate surface area is 404 Å². The average Bonchev–Trinajstić information content (AvgIpc) is 3.33. The van der Waals surface area contributed by atoms with Crippen molar-refractivity contribution in [2.45, 2.75) is 78.3 Å². The summed E-state index contributed by atoms with van der Waals surface area (Å²) in [4.78, 5) is 23.2. The van der Waals surface area contributed by atoms with E-state index in [1.54, 1.807) is 6.92 Å². The molecule has 0 bridgehead atoms. The standard InChI is InChI=1S/C28H35NO2Si.C18H25NOSi.C10H12O2.CH3F/c1-23(22-24-14-8-5-9-15-24)27(30)29-20-21-31-32(28(2,3)4,25-16-10-6-11-17-25)26-18-12-7-13-19-26;1-18(2,3)21(20-15-14-19,16-10-6-4-7-11-16)17-12-8-5-9-13-17;1-8(10(11)12)7-9-5-3-2-4-6-9;1-2/h5-19,23H,20-22H2,1-4H3,(H,29,30);4-13H,14-15,19H2,1-3H3;2-6,8H,7H2,1H3,(H,11,12);1H3/t23-;;8-;/m0.0./s1/i;;;1D. The maximum Gasteiger partial charge on any atom is 0.306 e. The van der Waals surface area contributed by atoms with E-state index in [-0.39, 0.29) is 27.8 Å². The van der Waals surface area contributed by atoms with Crippen LogP contribution in [0.3, 0.4) is 0 Å². The van der Waals surface area contributed by atoms with Gasteiger partial charge in [0, 0.05) is 25.6 Å². The van der Waals surface area contributed by atoms with Gasteiger partial charge in [0.25, 0.3) is 16.6 Å². The number of benzene rings is 6. The van der Waals surface area contributed by atoms with Crippen LogP contribution in [0, 0.1) is 11.8 Å². The van der Waals surface area contributed by atoms with E-state index in [9.17, 15) is 14.0 Å². The minimum absolute atomic E-state index is 0.0326. The molecule has 0 saturated heterocycles. The Bertz CT molecular complexity index is 2210. The van der Waals surface area contributed by atoms with Crippen molar-refractivity contribution < 1.29 is 29.3 Å². The highest BCUT2D eigenvalue weighted by atomic mass is 28.4. The molecule has 6 rings (SSSR count). The molecule has 10 heteroatoms. The van der Waals surface area contributed by atoms with E-state index in [0.29, 0.717) is 32.7 Å². The molecule has 67 heavy (non-hydrogen) atoms. The fourth-order valence-electron chi connectivity index (χ4n) is 8.40. The van der Waals surface area contributed by atoms with E-state index in [1.165, 1.54) is 26.3 Å². The molecule has 0 radical (unpaired) electrons. The van der Waals surface area contributed by atoms with Crippen molar-refractivity contribution in [3.63, 3.8) is 0 Å². The van der Waals surface area contributed by atoms with Crippen molar-refractivity contribution in [2.24, 2.45) is 17.6 Å². The lowest BCUT2D eigenvalue weighted by Crippen LogP contribution is -2.67. The molecule has 0 unspecified atom stereocenters. The molecule has 2 atom stereocenters. The maximum atomic E-state index is 12.7. The predicted octanol–water partition coefficient (Wildman–Crippen LogP) is 9.62. The number of amides is 1. The van der Waals surface area contributed by atoms with Gasteiger partial charge in [-0.2, -0.15) is 0 Å². The Kier molecular flexibility index (Phi) is 22.6. The number of alkyl halides is 1. The summed E-state index contributed by atoms with van der Waals surface area (Å²) in [7, 11) is -5.91. The van der Waals surface area contributed by atoms with Crippen LogP contribution in [-0.4, -0.2) is 67.1 Å². The van der Waals surface area contributed by atoms with Gasteiger partial charge >= 0.3 is 5.97 Å². The van der Waals surface area contributed by atoms with Crippen LogP contribution in [0.4, 0.5) is 4.39 Å². The molecule has 0 aliphatic carbocycles. The number of nitrogens with one attached hydrogen (secondary N) is 1. The SMILES string of the molecule is CC(C)(C)[Si](OCCN)(c1ccccc1)c1ccccc1.C[C@@H](Cc1ccccc1)C(=O)NCCO[Si](c1ccccc1)(c1ccccc1)C(C)(C)C.C[C@@H](Cc1ccccc1)C(=O)O.[2H]CF. The Morgan fingerprint density at radius 1 is 0.567 bits per heavy atom. The topological polar surface area (TPSA) is 111 Å². The number of carboxylic acid groups (broad SMARTS) is 1. The molecule has 1 amide bonds. The molecule has 6 aromatic carbocycles. The van der Waals surface area contributed by atoms with E-state index in [2.05, 4.69) is 168 Å². The Hall–Kier alpha value is -5.50. The summed E-state index contributed by atoms with van der Waals surface area (Å²) in [5.41, 5.74) is 7.99. The summed E-state index contributed by atoms with van der Waals surface area (Å²) in [6.45, 7) is 19.4. The van der Waals surface area contributed by atoms with Crippen LogP contribution in [0.25, 0.3) is 0 Å². The first-order valence-corrected chi connectivity index (χ1v) is 26.9. The predicted molar refractivity (Wildman–Crippen MR) is 282 cm³/mol. The Morgan fingerprint density at radius 2 is 0.851 bits per heavy atom. The number of hydrogen-bond donors (Lipinski definition) is 3. The fourth-order valence-corrected chi connectivity index (χ4v) is 17.5. The molecule has 0 saturated carbocycles. The molecule has 0 aliphatic rings. The van der Waals surface area contributed by atoms with Gasteiger partial charge in [-0.15, -0.1) is 0 Å². The zero-order chi connectivity index (χ0) is 50.1. The van der Waals surface area contributed by atoms with Gasteiger partial charge in [-0.1, -0.05) is 237 Å². The van der Waals surface area contributed by atoms with Crippen LogP contribution in [0.15, 0.2) is 182 Å². The third-order valence-electron chi connectivity index (χ3n) is 11.6. The highest BCUT2D eigenvalue weighted by Gasteiger charge is 2.51. The van der Waals surface area contributed by atoms with Crippen LogP contribution < -0.4 is 31.8 Å². The average molecular weight is 944 g/mol. The number of halogens is 1. The van der Waals surface area contributed by atoms with Gasteiger partial charge in [-0.25, -0.2) is 0 Å². The minimum Gasteiger partial charge on any atom is -0.481 e. The van der Waals surface area contributed by atoms with Crippen molar-refractivity contribution in [2.75, 3.05) is 33.5 Å². The highest BCUT2D eigenvalue weighted by Crippen LogP contribution is 2.37. The van der Waals surface area contributed by atoms with E-state index >= 15 is 0 Å². The zero-order valence-electron chi connectivity index (χ0n) is 42.0. The third kappa shape index (κ3) is 16.1. The summed E-state index contributed by atoms with van der Waals surface area (Å²) in [6, 6.07) is 62.3. The minimum atomic E-state index is -2.56. The second kappa shape index (κ2) is 28.0. The van der Waals surface area contributed by atoms with Crippen molar-refractivity contribution >= 4 is 49.3 Å². The van der Waals surface area contributed by atoms with Gasteiger partial charge in [0.2, 0.25) is 5.91 Å². The van der Waals surface area contributed by atoms with E-state index in [1.807, 2.05) is 67.6 Å². The molecule has 0 spiro atoms. The van der Waals surface area contributed by atoms with E-state index in [4.69, 9.17) is 21.1 Å². The summed E-state index contributed by atoms with van der Waals surface area (Å²) < 4.78 is 28.9. The van der Waals surface area contributed by atoms with Crippen LogP contribution in [0.5, 0.6) is 0 Å². The van der Waals surface area contributed by atoms with Gasteiger partial charge in [-0.05, 0) is 54.8 Å². The summed E-state index contributed by atoms with van der Waals surface area (Å²) >= 11 is 0. The molecule has 0 heterocycles. The molecular weight excluding hydrogens is 868 g/mol. The molecule has 0 fully saturated rings. The first-order valence-electron chi connectivity index (χ1n) is 23.8. The third-order valence-corrected chi connectivity index (χ3v) is 21.7. The van der Waals surface area contributed by atoms with Crippen molar-refractivity contribution in [3.05, 3.63) is 193 Å². The molecule has 358 valence electrons. The molecule has 7 nitrogen and oxygen atoms in total. The molecule has 4 N–H and O–H groups in total. The summed E-state index contributed by atoms with van der Waals surface area (Å²) in [6.07, 6.45) is 1.35. The number of hydrogen-bond acceptors (Lipinski definition) is 5. The molecule has 0 aromatic heterocycles. The first-order chi connectivity index (χ1) is 32.5. The van der Waals surface area contributed by atoms with E-state index in [0.717, 1.165) is 12.0 Å². The van der Waals surface area contributed by atoms with Crippen LogP contribution >= 0.6 is 0 Å². The summed E-state index contributed by atoms with van der Waals surface area (Å²) in [5.74, 6) is -1.04. The van der Waals surface area contributed by atoms with Gasteiger partial charge in [0.1, 0.15) is 0 Å². The second-order valence-electron chi connectivity index (χ2n) is 18.6. The first kappa shape index (κ1) is 54.1. The monoisotopic (exact) mass is 944 g/mol. The van der Waals surface area contributed by atoms with Crippen molar-refractivity contribution in [1.82, 2.24) is 5.32 Å². The molecule has 6 aromatic rings. The maximum absolute atomic E-state index is 12.7. The molecular formula is C57H75FN2O5Si2. The smallest absolute Gasteiger partial charge is 0.306 e. The van der Waals surface area contributed by atoms with Crippen LogP contribution in [0.1, 0.15) is 67.9 Å².